The van der Waals surface area contributed by atoms with Crippen LogP contribution in [0, 0.1) is 24.3 Å². The van der Waals surface area contributed by atoms with Crippen molar-refractivity contribution < 1.29 is 4.79 Å². The molecule has 0 bridgehead atoms. The van der Waals surface area contributed by atoms with Crippen LogP contribution in [-0.4, -0.2) is 15.7 Å². The molecule has 100 valence electrons. The van der Waals surface area contributed by atoms with Crippen molar-refractivity contribution in [2.75, 3.05) is 5.32 Å². The number of aryl methyl sites for hydroxylation is 3. The zero-order chi connectivity index (χ0) is 14.2. The van der Waals surface area contributed by atoms with Gasteiger partial charge in [-0.1, -0.05) is 6.07 Å². The van der Waals surface area contributed by atoms with E-state index in [9.17, 15) is 4.79 Å². The van der Waals surface area contributed by atoms with Crippen molar-refractivity contribution in [3.8, 4) is 0 Å². The van der Waals surface area contributed by atoms with E-state index >= 15 is 0 Å². The molecule has 0 saturated carbocycles. The highest BCUT2D eigenvalue weighted by molar-refractivity contribution is 14.1. The number of nitrogens with one attached hydrogen (secondary N) is 1. The van der Waals surface area contributed by atoms with Gasteiger partial charge in [0.15, 0.2) is 0 Å². The van der Waals surface area contributed by atoms with Crippen LogP contribution < -0.4 is 5.32 Å². The minimum absolute atomic E-state index is 0.104. The number of carbonyl (C=O) groups is 1. The van der Waals surface area contributed by atoms with Crippen LogP contribution in [0.4, 0.5) is 5.69 Å². The molecule has 0 aliphatic carbocycles. The van der Waals surface area contributed by atoms with Crippen LogP contribution in [0.15, 0.2) is 18.2 Å². The molecular formula is C14H16IN3O. The minimum Gasteiger partial charge on any atom is -0.322 e. The van der Waals surface area contributed by atoms with E-state index in [0.29, 0.717) is 5.56 Å². The summed E-state index contributed by atoms with van der Waals surface area (Å²) in [5.74, 6) is -0.104. The monoisotopic (exact) mass is 369 g/mol. The van der Waals surface area contributed by atoms with Crippen molar-refractivity contribution in [2.45, 2.75) is 20.8 Å². The Morgan fingerprint density at radius 2 is 2.00 bits per heavy atom. The fraction of sp³-hybridized carbons (Fsp3) is 0.286. The maximum absolute atomic E-state index is 12.4. The van der Waals surface area contributed by atoms with Gasteiger partial charge in [0.05, 0.1) is 11.3 Å². The van der Waals surface area contributed by atoms with Gasteiger partial charge in [-0.2, -0.15) is 5.10 Å². The van der Waals surface area contributed by atoms with E-state index in [0.717, 1.165) is 26.2 Å². The lowest BCUT2D eigenvalue weighted by atomic mass is 10.1. The summed E-state index contributed by atoms with van der Waals surface area (Å²) >= 11 is 2.23. The highest BCUT2D eigenvalue weighted by atomic mass is 127. The molecule has 1 aromatic heterocycles. The standard InChI is InChI=1S/C14H16IN3O/c1-8-5-6-11(15)7-12(8)16-14(19)13-9(2)17-18(4)10(13)3/h5-7H,1-4H3,(H,16,19). The molecule has 1 N–H and O–H groups in total. The van der Waals surface area contributed by atoms with E-state index in [1.54, 1.807) is 4.68 Å². The Kier molecular flexibility index (Phi) is 3.93. The first kappa shape index (κ1) is 14.0. The van der Waals surface area contributed by atoms with Crippen molar-refractivity contribution in [3.63, 3.8) is 0 Å². The number of anilines is 1. The Bertz CT molecular complexity index is 646. The molecule has 2 rings (SSSR count). The number of carbonyl (C=O) groups excluding carboxylic acids is 1. The van der Waals surface area contributed by atoms with Gasteiger partial charge in [0, 0.05) is 22.0 Å². The van der Waals surface area contributed by atoms with Crippen molar-refractivity contribution in [2.24, 2.45) is 7.05 Å². The average Bonchev–Trinajstić information content (AvgIpc) is 2.58. The third-order valence-electron chi connectivity index (χ3n) is 3.18. The van der Waals surface area contributed by atoms with Crippen molar-refractivity contribution >= 4 is 34.2 Å². The first-order chi connectivity index (χ1) is 8.90. The van der Waals surface area contributed by atoms with Gasteiger partial charge in [0.2, 0.25) is 0 Å². The van der Waals surface area contributed by atoms with Crippen LogP contribution >= 0.6 is 22.6 Å². The van der Waals surface area contributed by atoms with Crippen LogP contribution in [0.3, 0.4) is 0 Å². The molecule has 0 aliphatic rings. The summed E-state index contributed by atoms with van der Waals surface area (Å²) in [7, 11) is 1.84. The molecule has 0 atom stereocenters. The van der Waals surface area contributed by atoms with E-state index in [1.807, 2.05) is 46.0 Å². The third-order valence-corrected chi connectivity index (χ3v) is 3.85. The molecule has 19 heavy (non-hydrogen) atoms. The quantitative estimate of drug-likeness (QED) is 0.827. The molecule has 0 unspecified atom stereocenters. The van der Waals surface area contributed by atoms with Gasteiger partial charge in [0.25, 0.3) is 5.91 Å². The summed E-state index contributed by atoms with van der Waals surface area (Å²) in [6, 6.07) is 5.99. The summed E-state index contributed by atoms with van der Waals surface area (Å²) in [5, 5.41) is 7.23. The second-order valence-corrected chi connectivity index (χ2v) is 5.83. The summed E-state index contributed by atoms with van der Waals surface area (Å²) in [6.07, 6.45) is 0. The molecule has 0 saturated heterocycles. The number of nitrogens with zero attached hydrogens (tertiary/aromatic N) is 2. The van der Waals surface area contributed by atoms with E-state index < -0.39 is 0 Å². The summed E-state index contributed by atoms with van der Waals surface area (Å²) in [5.41, 5.74) is 4.17. The maximum Gasteiger partial charge on any atom is 0.259 e. The predicted octanol–water partition coefficient (Wildman–Crippen LogP) is 3.20. The Balaban J connectivity index is 2.33. The molecule has 0 fully saturated rings. The highest BCUT2D eigenvalue weighted by Crippen LogP contribution is 2.20. The zero-order valence-electron chi connectivity index (χ0n) is 11.4. The van der Waals surface area contributed by atoms with E-state index in [4.69, 9.17) is 0 Å². The molecule has 4 nitrogen and oxygen atoms in total. The molecule has 0 aliphatic heterocycles. The van der Waals surface area contributed by atoms with Gasteiger partial charge in [-0.15, -0.1) is 0 Å². The number of amides is 1. The smallest absolute Gasteiger partial charge is 0.259 e. The first-order valence-corrected chi connectivity index (χ1v) is 7.05. The lowest BCUT2D eigenvalue weighted by Gasteiger charge is -2.09. The molecule has 5 heteroatoms. The largest absolute Gasteiger partial charge is 0.322 e. The highest BCUT2D eigenvalue weighted by Gasteiger charge is 2.17. The number of aromatic nitrogens is 2. The predicted molar refractivity (Wildman–Crippen MR) is 84.5 cm³/mol. The van der Waals surface area contributed by atoms with Crippen LogP contribution in [-0.2, 0) is 7.05 Å². The minimum atomic E-state index is -0.104. The number of benzene rings is 1. The fourth-order valence-corrected chi connectivity index (χ4v) is 2.51. The Labute approximate surface area is 126 Å². The van der Waals surface area contributed by atoms with Gasteiger partial charge in [-0.25, -0.2) is 0 Å². The lowest BCUT2D eigenvalue weighted by molar-refractivity contribution is 0.102. The fourth-order valence-electron chi connectivity index (χ4n) is 2.02. The second-order valence-electron chi connectivity index (χ2n) is 4.58. The van der Waals surface area contributed by atoms with Crippen molar-refractivity contribution in [1.29, 1.82) is 0 Å². The van der Waals surface area contributed by atoms with Gasteiger partial charge in [0.1, 0.15) is 0 Å². The normalized spacial score (nSPS) is 10.6. The van der Waals surface area contributed by atoms with E-state index in [2.05, 4.69) is 33.0 Å². The molecule has 1 amide bonds. The number of halogens is 1. The molecule has 1 heterocycles. The van der Waals surface area contributed by atoms with Gasteiger partial charge in [-0.05, 0) is 61.1 Å². The molecule has 1 aromatic carbocycles. The van der Waals surface area contributed by atoms with Crippen LogP contribution in [0.5, 0.6) is 0 Å². The van der Waals surface area contributed by atoms with Gasteiger partial charge in [-0.3, -0.25) is 9.48 Å². The summed E-state index contributed by atoms with van der Waals surface area (Å²) in [6.45, 7) is 5.73. The van der Waals surface area contributed by atoms with Crippen LogP contribution in [0.1, 0.15) is 27.3 Å². The zero-order valence-corrected chi connectivity index (χ0v) is 13.6. The van der Waals surface area contributed by atoms with E-state index in [1.165, 1.54) is 0 Å². The first-order valence-electron chi connectivity index (χ1n) is 5.98. The number of hydrogen-bond acceptors (Lipinski definition) is 2. The van der Waals surface area contributed by atoms with Crippen molar-refractivity contribution in [1.82, 2.24) is 9.78 Å². The van der Waals surface area contributed by atoms with Gasteiger partial charge < -0.3 is 5.32 Å². The second kappa shape index (κ2) is 5.32. The Morgan fingerprint density at radius 1 is 1.32 bits per heavy atom. The summed E-state index contributed by atoms with van der Waals surface area (Å²) in [4.78, 5) is 12.4. The van der Waals surface area contributed by atoms with Gasteiger partial charge >= 0.3 is 0 Å². The maximum atomic E-state index is 12.4. The molecule has 0 radical (unpaired) electrons. The SMILES string of the molecule is Cc1ccc(I)cc1NC(=O)c1c(C)nn(C)c1C. The number of rotatable bonds is 2. The van der Waals surface area contributed by atoms with Crippen LogP contribution in [0.25, 0.3) is 0 Å². The summed E-state index contributed by atoms with van der Waals surface area (Å²) < 4.78 is 2.82. The third kappa shape index (κ3) is 2.80. The number of hydrogen-bond donors (Lipinski definition) is 1. The average molecular weight is 369 g/mol. The lowest BCUT2D eigenvalue weighted by Crippen LogP contribution is -2.15. The Morgan fingerprint density at radius 3 is 2.58 bits per heavy atom. The van der Waals surface area contributed by atoms with Crippen molar-refractivity contribution in [3.05, 3.63) is 44.3 Å². The Hall–Kier alpha value is -1.37. The molecular weight excluding hydrogens is 353 g/mol. The topological polar surface area (TPSA) is 46.9 Å². The van der Waals surface area contributed by atoms with Crippen LogP contribution in [0.2, 0.25) is 0 Å². The molecule has 2 aromatic rings. The molecule has 0 spiro atoms. The van der Waals surface area contributed by atoms with E-state index in [-0.39, 0.29) is 5.91 Å².